The average Bonchev–Trinajstić information content (AvgIpc) is 3.02. The Morgan fingerprint density at radius 1 is 0.950 bits per heavy atom. The molecule has 5 heteroatoms. The van der Waals surface area contributed by atoms with Gasteiger partial charge in [0.25, 0.3) is 5.91 Å². The van der Waals surface area contributed by atoms with Crippen LogP contribution in [0.5, 0.6) is 0 Å². The highest BCUT2D eigenvalue weighted by Crippen LogP contribution is 2.16. The van der Waals surface area contributed by atoms with Gasteiger partial charge in [0.15, 0.2) is 5.76 Å². The second kappa shape index (κ2) is 6.48. The van der Waals surface area contributed by atoms with Crippen molar-refractivity contribution in [1.82, 2.24) is 4.90 Å². The van der Waals surface area contributed by atoms with Gasteiger partial charge in [0, 0.05) is 31.9 Å². The number of nitrogens with zero attached hydrogens (tertiary/aromatic N) is 2. The Balaban J connectivity index is 0.00000147. The molecule has 106 valence electrons. The van der Waals surface area contributed by atoms with E-state index >= 15 is 0 Å². The molecular formula is C15H17ClN2O2. The van der Waals surface area contributed by atoms with Gasteiger partial charge in [-0.05, 0) is 24.3 Å². The van der Waals surface area contributed by atoms with E-state index in [0.717, 1.165) is 26.2 Å². The van der Waals surface area contributed by atoms with Crippen molar-refractivity contribution < 1.29 is 9.21 Å². The van der Waals surface area contributed by atoms with Crippen molar-refractivity contribution in [3.8, 4) is 0 Å². The lowest BCUT2D eigenvalue weighted by Gasteiger charge is -2.35. The molecule has 0 unspecified atom stereocenters. The first-order valence-corrected chi connectivity index (χ1v) is 6.47. The Kier molecular flexibility index (Phi) is 4.69. The molecule has 1 fully saturated rings. The predicted octanol–water partition coefficient (Wildman–Crippen LogP) is 2.66. The van der Waals surface area contributed by atoms with E-state index in [4.69, 9.17) is 4.42 Å². The van der Waals surface area contributed by atoms with Crippen molar-refractivity contribution >= 4 is 24.0 Å². The molecule has 1 aliphatic rings. The van der Waals surface area contributed by atoms with Crippen LogP contribution in [0.3, 0.4) is 0 Å². The summed E-state index contributed by atoms with van der Waals surface area (Å²) < 4.78 is 5.16. The van der Waals surface area contributed by atoms with Crippen molar-refractivity contribution in [1.29, 1.82) is 0 Å². The summed E-state index contributed by atoms with van der Waals surface area (Å²) in [6, 6.07) is 13.7. The number of furan rings is 1. The number of benzene rings is 1. The molecule has 0 bridgehead atoms. The minimum atomic E-state index is -0.0160. The summed E-state index contributed by atoms with van der Waals surface area (Å²) in [5, 5.41) is 0. The van der Waals surface area contributed by atoms with E-state index in [1.165, 1.54) is 12.0 Å². The molecule has 1 aromatic carbocycles. The second-order valence-corrected chi connectivity index (χ2v) is 4.59. The third-order valence-electron chi connectivity index (χ3n) is 3.42. The van der Waals surface area contributed by atoms with Crippen LogP contribution in [-0.4, -0.2) is 37.0 Å². The number of hydrogen-bond acceptors (Lipinski definition) is 3. The van der Waals surface area contributed by atoms with E-state index in [1.807, 2.05) is 23.1 Å². The molecule has 0 N–H and O–H groups in total. The maximum atomic E-state index is 12.1. The third-order valence-corrected chi connectivity index (χ3v) is 3.42. The monoisotopic (exact) mass is 292 g/mol. The molecule has 1 aliphatic heterocycles. The van der Waals surface area contributed by atoms with Crippen LogP contribution in [0.25, 0.3) is 0 Å². The normalized spacial score (nSPS) is 14.8. The Hall–Kier alpha value is -1.94. The summed E-state index contributed by atoms with van der Waals surface area (Å²) >= 11 is 0. The smallest absolute Gasteiger partial charge is 0.289 e. The van der Waals surface area contributed by atoms with Crippen molar-refractivity contribution in [2.45, 2.75) is 0 Å². The van der Waals surface area contributed by atoms with Crippen molar-refractivity contribution in [3.05, 3.63) is 54.5 Å². The highest BCUT2D eigenvalue weighted by atomic mass is 35.5. The lowest BCUT2D eigenvalue weighted by atomic mass is 10.2. The largest absolute Gasteiger partial charge is 0.459 e. The summed E-state index contributed by atoms with van der Waals surface area (Å²) in [5.41, 5.74) is 1.22. The number of rotatable bonds is 2. The number of halogens is 1. The van der Waals surface area contributed by atoms with E-state index < -0.39 is 0 Å². The molecule has 1 aromatic heterocycles. The first-order chi connectivity index (χ1) is 9.34. The van der Waals surface area contributed by atoms with Crippen molar-refractivity contribution in [2.24, 2.45) is 0 Å². The molecular weight excluding hydrogens is 276 g/mol. The zero-order valence-corrected chi connectivity index (χ0v) is 11.9. The summed E-state index contributed by atoms with van der Waals surface area (Å²) in [5.74, 6) is 0.408. The molecule has 2 aromatic rings. The van der Waals surface area contributed by atoms with Crippen molar-refractivity contribution in [3.63, 3.8) is 0 Å². The van der Waals surface area contributed by atoms with Gasteiger partial charge in [-0.3, -0.25) is 4.79 Å². The van der Waals surface area contributed by atoms with Gasteiger partial charge < -0.3 is 14.2 Å². The first-order valence-electron chi connectivity index (χ1n) is 6.47. The summed E-state index contributed by atoms with van der Waals surface area (Å²) in [6.07, 6.45) is 1.54. The molecule has 2 heterocycles. The SMILES string of the molecule is Cl.O=C(c1ccco1)N1CCN(c2ccccc2)CC1. The summed E-state index contributed by atoms with van der Waals surface area (Å²) in [7, 11) is 0. The van der Waals surface area contributed by atoms with Gasteiger partial charge >= 0.3 is 0 Å². The minimum Gasteiger partial charge on any atom is -0.459 e. The Morgan fingerprint density at radius 3 is 2.25 bits per heavy atom. The predicted molar refractivity (Wildman–Crippen MR) is 80.5 cm³/mol. The molecule has 1 amide bonds. The highest BCUT2D eigenvalue weighted by molar-refractivity contribution is 5.91. The molecule has 4 nitrogen and oxygen atoms in total. The van der Waals surface area contributed by atoms with Crippen LogP contribution in [0.4, 0.5) is 5.69 Å². The van der Waals surface area contributed by atoms with Crippen LogP contribution >= 0.6 is 12.4 Å². The highest BCUT2D eigenvalue weighted by Gasteiger charge is 2.23. The number of amides is 1. The quantitative estimate of drug-likeness (QED) is 0.854. The molecule has 20 heavy (non-hydrogen) atoms. The van der Waals surface area contributed by atoms with Crippen LogP contribution in [-0.2, 0) is 0 Å². The van der Waals surface area contributed by atoms with Crippen molar-refractivity contribution in [2.75, 3.05) is 31.1 Å². The second-order valence-electron chi connectivity index (χ2n) is 4.59. The van der Waals surface area contributed by atoms with E-state index in [2.05, 4.69) is 17.0 Å². The zero-order chi connectivity index (χ0) is 13.1. The number of anilines is 1. The van der Waals surface area contributed by atoms with Crippen LogP contribution in [0.1, 0.15) is 10.6 Å². The third kappa shape index (κ3) is 2.96. The van der Waals surface area contributed by atoms with Gasteiger partial charge in [-0.2, -0.15) is 0 Å². The van der Waals surface area contributed by atoms with Crippen LogP contribution in [0, 0.1) is 0 Å². The fourth-order valence-electron chi connectivity index (χ4n) is 2.36. The van der Waals surface area contributed by atoms with Gasteiger partial charge in [0.05, 0.1) is 6.26 Å². The molecule has 0 spiro atoms. The van der Waals surface area contributed by atoms with E-state index in [9.17, 15) is 4.79 Å². The Morgan fingerprint density at radius 2 is 1.65 bits per heavy atom. The van der Waals surface area contributed by atoms with Crippen LogP contribution in [0.15, 0.2) is 53.1 Å². The maximum Gasteiger partial charge on any atom is 0.289 e. The van der Waals surface area contributed by atoms with E-state index in [0.29, 0.717) is 5.76 Å². The molecule has 0 aliphatic carbocycles. The molecule has 0 saturated carbocycles. The summed E-state index contributed by atoms with van der Waals surface area (Å²) in [6.45, 7) is 3.18. The molecule has 1 saturated heterocycles. The van der Waals surface area contributed by atoms with Gasteiger partial charge in [-0.1, -0.05) is 18.2 Å². The number of carbonyl (C=O) groups is 1. The molecule has 3 rings (SSSR count). The van der Waals surface area contributed by atoms with Crippen LogP contribution in [0.2, 0.25) is 0 Å². The fraction of sp³-hybridized carbons (Fsp3) is 0.267. The molecule has 0 atom stereocenters. The zero-order valence-electron chi connectivity index (χ0n) is 11.1. The van der Waals surface area contributed by atoms with Gasteiger partial charge in [0.1, 0.15) is 0 Å². The van der Waals surface area contributed by atoms with Crippen LogP contribution < -0.4 is 4.90 Å². The lowest BCUT2D eigenvalue weighted by molar-refractivity contribution is 0.0714. The maximum absolute atomic E-state index is 12.1. The number of hydrogen-bond donors (Lipinski definition) is 0. The molecule has 0 radical (unpaired) electrons. The number of para-hydroxylation sites is 1. The Bertz CT molecular complexity index is 534. The number of piperazine rings is 1. The Labute approximate surface area is 124 Å². The topological polar surface area (TPSA) is 36.7 Å². The average molecular weight is 293 g/mol. The number of carbonyl (C=O) groups excluding carboxylic acids is 1. The standard InChI is InChI=1S/C15H16N2O2.ClH/c18-15(14-7-4-12-19-14)17-10-8-16(9-11-17)13-5-2-1-3-6-13;/h1-7,12H,8-11H2;1H. The minimum absolute atomic E-state index is 0. The fourth-order valence-corrected chi connectivity index (χ4v) is 2.36. The van der Waals surface area contributed by atoms with E-state index in [-0.39, 0.29) is 18.3 Å². The summed E-state index contributed by atoms with van der Waals surface area (Å²) in [4.78, 5) is 16.3. The first kappa shape index (κ1) is 14.5. The van der Waals surface area contributed by atoms with Gasteiger partial charge in [-0.15, -0.1) is 12.4 Å². The lowest BCUT2D eigenvalue weighted by Crippen LogP contribution is -2.48. The van der Waals surface area contributed by atoms with Gasteiger partial charge in [-0.25, -0.2) is 0 Å². The van der Waals surface area contributed by atoms with E-state index in [1.54, 1.807) is 12.1 Å². The van der Waals surface area contributed by atoms with Gasteiger partial charge in [0.2, 0.25) is 0 Å².